The molecule has 0 amide bonds. The van der Waals surface area contributed by atoms with Crippen LogP contribution in [0.1, 0.15) is 52.9 Å². The van der Waals surface area contributed by atoms with E-state index in [1.165, 1.54) is 0 Å². The molecule has 90 valence electrons. The third-order valence-corrected chi connectivity index (χ3v) is 4.83. The second-order valence-electron chi connectivity index (χ2n) is 6.06. The maximum absolute atomic E-state index is 12.1. The number of rotatable bonds is 4. The third kappa shape index (κ3) is 1.63. The Hall–Kier alpha value is -0.660. The van der Waals surface area contributed by atoms with Gasteiger partial charge < -0.3 is 0 Å². The van der Waals surface area contributed by atoms with E-state index >= 15 is 0 Å². The number of hydrogen-bond acceptors (Lipinski definition) is 2. The first-order chi connectivity index (χ1) is 7.48. The van der Waals surface area contributed by atoms with E-state index in [1.807, 2.05) is 0 Å². The van der Waals surface area contributed by atoms with Crippen LogP contribution in [0, 0.1) is 23.2 Å². The number of hydrogen-bond donors (Lipinski definition) is 0. The fourth-order valence-electron chi connectivity index (χ4n) is 3.56. The van der Waals surface area contributed by atoms with Gasteiger partial charge in [0.05, 0.1) is 0 Å². The fraction of sp³-hybridized carbons (Fsp3) is 0.857. The molecule has 3 saturated carbocycles. The first-order valence-electron chi connectivity index (χ1n) is 6.54. The van der Waals surface area contributed by atoms with E-state index in [9.17, 15) is 9.59 Å². The normalized spacial score (nSPS) is 35.7. The van der Waals surface area contributed by atoms with Gasteiger partial charge in [0.15, 0.2) is 0 Å². The van der Waals surface area contributed by atoms with Crippen LogP contribution in [-0.2, 0) is 9.59 Å². The van der Waals surface area contributed by atoms with Crippen molar-refractivity contribution >= 4 is 11.6 Å². The SMILES string of the molecule is CCCCC(=O)[C@@H]1CC(=O)[C@@H]2C[C@H]1C2(C)C. The summed E-state index contributed by atoms with van der Waals surface area (Å²) in [6.07, 6.45) is 4.20. The van der Waals surface area contributed by atoms with Crippen molar-refractivity contribution in [2.75, 3.05) is 0 Å². The minimum absolute atomic E-state index is 0.0408. The van der Waals surface area contributed by atoms with Crippen LogP contribution in [0.2, 0.25) is 0 Å². The van der Waals surface area contributed by atoms with Crippen molar-refractivity contribution in [2.24, 2.45) is 23.2 Å². The Morgan fingerprint density at radius 2 is 2.12 bits per heavy atom. The highest BCUT2D eigenvalue weighted by Crippen LogP contribution is 2.60. The lowest BCUT2D eigenvalue weighted by atomic mass is 9.44. The third-order valence-electron chi connectivity index (χ3n) is 4.83. The maximum Gasteiger partial charge on any atom is 0.137 e. The van der Waals surface area contributed by atoms with Crippen molar-refractivity contribution in [2.45, 2.75) is 52.9 Å². The summed E-state index contributed by atoms with van der Waals surface area (Å²) in [5.41, 5.74) is 0.0852. The molecule has 0 aromatic rings. The van der Waals surface area contributed by atoms with Gasteiger partial charge >= 0.3 is 0 Å². The van der Waals surface area contributed by atoms with Gasteiger partial charge in [0.25, 0.3) is 0 Å². The zero-order valence-electron chi connectivity index (χ0n) is 10.6. The van der Waals surface area contributed by atoms with Crippen molar-refractivity contribution in [1.82, 2.24) is 0 Å². The number of Topliss-reactive ketones (excluding diaryl/α,β-unsaturated/α-hetero) is 2. The lowest BCUT2D eigenvalue weighted by Crippen LogP contribution is -2.58. The largest absolute Gasteiger partial charge is 0.299 e. The Morgan fingerprint density at radius 1 is 1.44 bits per heavy atom. The molecule has 3 atom stereocenters. The molecule has 3 aliphatic carbocycles. The summed E-state index contributed by atoms with van der Waals surface area (Å²) in [5, 5.41) is 0. The van der Waals surface area contributed by atoms with E-state index in [0.29, 0.717) is 30.3 Å². The van der Waals surface area contributed by atoms with Crippen LogP contribution in [-0.4, -0.2) is 11.6 Å². The quantitative estimate of drug-likeness (QED) is 0.732. The monoisotopic (exact) mass is 222 g/mol. The Kier molecular flexibility index (Phi) is 2.93. The first-order valence-corrected chi connectivity index (χ1v) is 6.54. The number of ketones is 2. The number of fused-ring (bicyclic) bond motifs is 2. The molecule has 2 bridgehead atoms. The highest BCUT2D eigenvalue weighted by atomic mass is 16.1. The lowest BCUT2D eigenvalue weighted by Gasteiger charge is -2.58. The van der Waals surface area contributed by atoms with Crippen LogP contribution < -0.4 is 0 Å². The molecule has 0 heterocycles. The standard InChI is InChI=1S/C14H22O2/c1-4-5-6-12(15)9-7-13(16)11-8-10(9)14(11,2)3/h9-11H,4-8H2,1-3H3/t9-,10-,11+/m1/s1. The predicted octanol–water partition coefficient (Wildman–Crippen LogP) is 3.00. The number of carbonyl (C=O) groups excluding carboxylic acids is 2. The maximum atomic E-state index is 12.1. The Labute approximate surface area is 97.8 Å². The van der Waals surface area contributed by atoms with Gasteiger partial charge in [0, 0.05) is 24.7 Å². The molecule has 16 heavy (non-hydrogen) atoms. The van der Waals surface area contributed by atoms with Gasteiger partial charge in [-0.25, -0.2) is 0 Å². The van der Waals surface area contributed by atoms with E-state index < -0.39 is 0 Å². The van der Waals surface area contributed by atoms with Gasteiger partial charge in [-0.15, -0.1) is 0 Å². The summed E-state index contributed by atoms with van der Waals surface area (Å²) in [6, 6.07) is 0. The molecule has 0 N–H and O–H groups in total. The van der Waals surface area contributed by atoms with E-state index in [-0.39, 0.29) is 17.3 Å². The number of unbranched alkanes of at least 4 members (excludes halogenated alkanes) is 1. The van der Waals surface area contributed by atoms with Crippen molar-refractivity contribution < 1.29 is 9.59 Å². The Balaban J connectivity index is 2.06. The molecule has 0 aromatic carbocycles. The molecule has 3 rings (SSSR count). The van der Waals surface area contributed by atoms with Crippen LogP contribution in [0.5, 0.6) is 0 Å². The molecule has 0 spiro atoms. The molecule has 3 fully saturated rings. The van der Waals surface area contributed by atoms with Crippen molar-refractivity contribution in [3.63, 3.8) is 0 Å². The molecule has 0 radical (unpaired) electrons. The molecule has 2 nitrogen and oxygen atoms in total. The second-order valence-corrected chi connectivity index (χ2v) is 6.06. The van der Waals surface area contributed by atoms with E-state index in [4.69, 9.17) is 0 Å². The minimum atomic E-state index is 0.0408. The summed E-state index contributed by atoms with van der Waals surface area (Å²) in [6.45, 7) is 6.41. The van der Waals surface area contributed by atoms with E-state index in [0.717, 1.165) is 19.3 Å². The van der Waals surface area contributed by atoms with Gasteiger partial charge in [-0.3, -0.25) is 9.59 Å². The summed E-state index contributed by atoms with van der Waals surface area (Å²) < 4.78 is 0. The van der Waals surface area contributed by atoms with Gasteiger partial charge in [-0.1, -0.05) is 27.2 Å². The summed E-state index contributed by atoms with van der Waals surface area (Å²) in [7, 11) is 0. The second kappa shape index (κ2) is 3.97. The lowest BCUT2D eigenvalue weighted by molar-refractivity contribution is -0.164. The Bertz CT molecular complexity index is 317. The van der Waals surface area contributed by atoms with Crippen LogP contribution in [0.4, 0.5) is 0 Å². The number of carbonyl (C=O) groups is 2. The van der Waals surface area contributed by atoms with E-state index in [1.54, 1.807) is 0 Å². The first kappa shape index (κ1) is 11.8. The van der Waals surface area contributed by atoms with Gasteiger partial charge in [-0.2, -0.15) is 0 Å². The van der Waals surface area contributed by atoms with Crippen LogP contribution in [0.3, 0.4) is 0 Å². The molecule has 3 aliphatic rings. The summed E-state index contributed by atoms with van der Waals surface area (Å²) in [4.78, 5) is 24.0. The molecular formula is C14H22O2. The van der Waals surface area contributed by atoms with Crippen molar-refractivity contribution in [1.29, 1.82) is 0 Å². The van der Waals surface area contributed by atoms with Crippen molar-refractivity contribution in [3.8, 4) is 0 Å². The topological polar surface area (TPSA) is 34.1 Å². The molecular weight excluding hydrogens is 200 g/mol. The van der Waals surface area contributed by atoms with Crippen LogP contribution in [0.25, 0.3) is 0 Å². The highest BCUT2D eigenvalue weighted by Gasteiger charge is 2.59. The highest BCUT2D eigenvalue weighted by molar-refractivity contribution is 5.93. The average Bonchev–Trinajstić information content (AvgIpc) is 2.24. The summed E-state index contributed by atoms with van der Waals surface area (Å²) in [5.74, 6) is 1.43. The zero-order chi connectivity index (χ0) is 11.9. The zero-order valence-corrected chi connectivity index (χ0v) is 10.6. The molecule has 0 unspecified atom stereocenters. The van der Waals surface area contributed by atoms with Crippen LogP contribution in [0.15, 0.2) is 0 Å². The molecule has 2 heteroatoms. The van der Waals surface area contributed by atoms with Gasteiger partial charge in [0.2, 0.25) is 0 Å². The molecule has 0 saturated heterocycles. The predicted molar refractivity (Wildman–Crippen MR) is 63.0 cm³/mol. The minimum Gasteiger partial charge on any atom is -0.299 e. The van der Waals surface area contributed by atoms with Gasteiger partial charge in [0.1, 0.15) is 11.6 Å². The van der Waals surface area contributed by atoms with Crippen LogP contribution >= 0.6 is 0 Å². The van der Waals surface area contributed by atoms with Crippen molar-refractivity contribution in [3.05, 3.63) is 0 Å². The average molecular weight is 222 g/mol. The smallest absolute Gasteiger partial charge is 0.137 e. The summed E-state index contributed by atoms with van der Waals surface area (Å²) >= 11 is 0. The van der Waals surface area contributed by atoms with E-state index in [2.05, 4.69) is 20.8 Å². The molecule has 0 aromatic heterocycles. The van der Waals surface area contributed by atoms with Gasteiger partial charge in [-0.05, 0) is 24.2 Å². The molecule has 0 aliphatic heterocycles. The fourth-order valence-corrected chi connectivity index (χ4v) is 3.56. The Morgan fingerprint density at radius 3 is 2.62 bits per heavy atom.